The standard InChI is InChI=1S/C10H22.CH5N/c1-6-9(3)8-10(4,5)7-2;1-2/h9H,6-8H2,1-5H3;2H2,1H3. The van der Waals surface area contributed by atoms with Gasteiger partial charge in [0.15, 0.2) is 0 Å². The van der Waals surface area contributed by atoms with Crippen molar-refractivity contribution in [2.24, 2.45) is 17.1 Å². The van der Waals surface area contributed by atoms with E-state index in [4.69, 9.17) is 0 Å². The van der Waals surface area contributed by atoms with Crippen LogP contribution in [0.5, 0.6) is 0 Å². The first kappa shape index (κ1) is 14.5. The zero-order valence-electron chi connectivity index (χ0n) is 9.78. The van der Waals surface area contributed by atoms with E-state index in [0.29, 0.717) is 5.41 Å². The highest BCUT2D eigenvalue weighted by molar-refractivity contribution is 4.68. The minimum absolute atomic E-state index is 0.565. The molecule has 0 saturated carbocycles. The SMILES string of the molecule is CCC(C)CC(C)(C)CC.CN. The molecule has 1 heteroatoms. The molecule has 1 atom stereocenters. The molecule has 1 unspecified atom stereocenters. The fraction of sp³-hybridized carbons (Fsp3) is 1.00. The van der Waals surface area contributed by atoms with E-state index >= 15 is 0 Å². The van der Waals surface area contributed by atoms with E-state index in [0.717, 1.165) is 5.92 Å². The van der Waals surface area contributed by atoms with Crippen molar-refractivity contribution in [3.8, 4) is 0 Å². The maximum Gasteiger partial charge on any atom is -0.0195 e. The zero-order valence-corrected chi connectivity index (χ0v) is 9.78. The molecule has 0 spiro atoms. The van der Waals surface area contributed by atoms with E-state index in [1.165, 1.54) is 26.3 Å². The Morgan fingerprint density at radius 1 is 1.17 bits per heavy atom. The summed E-state index contributed by atoms with van der Waals surface area (Å²) in [7, 11) is 1.50. The monoisotopic (exact) mass is 173 g/mol. The lowest BCUT2D eigenvalue weighted by atomic mass is 9.80. The molecule has 0 bridgehead atoms. The summed E-state index contributed by atoms with van der Waals surface area (Å²) in [5.74, 6) is 0.898. The Hall–Kier alpha value is -0.0400. The fourth-order valence-electron chi connectivity index (χ4n) is 1.23. The molecule has 0 radical (unpaired) electrons. The molecule has 12 heavy (non-hydrogen) atoms. The van der Waals surface area contributed by atoms with Crippen molar-refractivity contribution in [1.29, 1.82) is 0 Å². The Morgan fingerprint density at radius 2 is 1.58 bits per heavy atom. The molecule has 76 valence electrons. The van der Waals surface area contributed by atoms with Gasteiger partial charge in [-0.1, -0.05) is 47.5 Å². The maximum absolute atomic E-state index is 4.50. The second-order valence-corrected chi connectivity index (χ2v) is 4.24. The molecule has 0 aromatic heterocycles. The Kier molecular flexibility index (Phi) is 9.17. The number of hydrogen-bond donors (Lipinski definition) is 1. The zero-order chi connectivity index (χ0) is 10.2. The maximum atomic E-state index is 4.50. The molecular weight excluding hydrogens is 146 g/mol. The summed E-state index contributed by atoms with van der Waals surface area (Å²) in [6, 6.07) is 0. The lowest BCUT2D eigenvalue weighted by molar-refractivity contribution is 0.263. The number of hydrogen-bond acceptors (Lipinski definition) is 1. The van der Waals surface area contributed by atoms with Gasteiger partial charge in [-0.3, -0.25) is 0 Å². The van der Waals surface area contributed by atoms with Crippen molar-refractivity contribution in [1.82, 2.24) is 0 Å². The highest BCUT2D eigenvalue weighted by Crippen LogP contribution is 2.29. The summed E-state index contributed by atoms with van der Waals surface area (Å²) < 4.78 is 0. The van der Waals surface area contributed by atoms with Gasteiger partial charge in [0.05, 0.1) is 0 Å². The lowest BCUT2D eigenvalue weighted by Gasteiger charge is -2.25. The third-order valence-corrected chi connectivity index (χ3v) is 2.56. The van der Waals surface area contributed by atoms with Crippen LogP contribution in [0.25, 0.3) is 0 Å². The minimum atomic E-state index is 0.565. The van der Waals surface area contributed by atoms with Crippen LogP contribution in [0, 0.1) is 11.3 Å². The summed E-state index contributed by atoms with van der Waals surface area (Å²) in [6.45, 7) is 11.6. The van der Waals surface area contributed by atoms with E-state index < -0.39 is 0 Å². The molecule has 0 rings (SSSR count). The first-order chi connectivity index (χ1) is 5.52. The van der Waals surface area contributed by atoms with Crippen molar-refractivity contribution in [3.05, 3.63) is 0 Å². The average molecular weight is 173 g/mol. The minimum Gasteiger partial charge on any atom is -0.333 e. The molecule has 0 aromatic carbocycles. The topological polar surface area (TPSA) is 26.0 Å². The Labute approximate surface area is 78.7 Å². The van der Waals surface area contributed by atoms with Crippen LogP contribution in [0.15, 0.2) is 0 Å². The van der Waals surface area contributed by atoms with E-state index in [-0.39, 0.29) is 0 Å². The van der Waals surface area contributed by atoms with Gasteiger partial charge in [0.1, 0.15) is 0 Å². The van der Waals surface area contributed by atoms with Crippen molar-refractivity contribution in [3.63, 3.8) is 0 Å². The highest BCUT2D eigenvalue weighted by Gasteiger charge is 2.17. The van der Waals surface area contributed by atoms with Gasteiger partial charge in [-0.25, -0.2) is 0 Å². The highest BCUT2D eigenvalue weighted by atomic mass is 14.4. The lowest BCUT2D eigenvalue weighted by Crippen LogP contribution is -2.13. The summed E-state index contributed by atoms with van der Waals surface area (Å²) in [5, 5.41) is 0. The second-order valence-electron chi connectivity index (χ2n) is 4.24. The summed E-state index contributed by atoms with van der Waals surface area (Å²) in [6.07, 6.45) is 4.00. The number of rotatable bonds is 4. The van der Waals surface area contributed by atoms with Gasteiger partial charge < -0.3 is 5.73 Å². The van der Waals surface area contributed by atoms with Crippen molar-refractivity contribution in [2.75, 3.05) is 7.05 Å². The van der Waals surface area contributed by atoms with Crippen LogP contribution in [-0.4, -0.2) is 7.05 Å². The first-order valence-corrected chi connectivity index (χ1v) is 5.09. The fourth-order valence-corrected chi connectivity index (χ4v) is 1.23. The summed E-state index contributed by atoms with van der Waals surface area (Å²) in [4.78, 5) is 0. The third kappa shape index (κ3) is 8.06. The molecule has 0 aliphatic heterocycles. The van der Waals surface area contributed by atoms with Crippen LogP contribution >= 0.6 is 0 Å². The molecule has 0 heterocycles. The van der Waals surface area contributed by atoms with E-state index in [2.05, 4.69) is 40.4 Å². The van der Waals surface area contributed by atoms with Crippen LogP contribution in [0.2, 0.25) is 0 Å². The average Bonchev–Trinajstić information content (AvgIpc) is 2.07. The molecular formula is C11H27N. The molecule has 0 aliphatic carbocycles. The van der Waals surface area contributed by atoms with Crippen molar-refractivity contribution in [2.45, 2.75) is 53.9 Å². The second kappa shape index (κ2) is 7.60. The predicted molar refractivity (Wildman–Crippen MR) is 58.3 cm³/mol. The molecule has 0 aliphatic rings. The van der Waals surface area contributed by atoms with E-state index in [9.17, 15) is 0 Å². The molecule has 2 N–H and O–H groups in total. The molecule has 0 saturated heterocycles. The van der Waals surface area contributed by atoms with Gasteiger partial charge in [0, 0.05) is 0 Å². The van der Waals surface area contributed by atoms with Crippen LogP contribution in [0.4, 0.5) is 0 Å². The quantitative estimate of drug-likeness (QED) is 0.692. The van der Waals surface area contributed by atoms with Crippen LogP contribution in [0.3, 0.4) is 0 Å². The van der Waals surface area contributed by atoms with Gasteiger partial charge >= 0.3 is 0 Å². The Morgan fingerprint density at radius 3 is 1.83 bits per heavy atom. The summed E-state index contributed by atoms with van der Waals surface area (Å²) >= 11 is 0. The van der Waals surface area contributed by atoms with Crippen molar-refractivity contribution < 1.29 is 0 Å². The summed E-state index contributed by atoms with van der Waals surface area (Å²) in [5.41, 5.74) is 5.06. The van der Waals surface area contributed by atoms with Gasteiger partial charge in [0.25, 0.3) is 0 Å². The normalized spacial score (nSPS) is 13.2. The van der Waals surface area contributed by atoms with Crippen molar-refractivity contribution >= 4 is 0 Å². The van der Waals surface area contributed by atoms with E-state index in [1.54, 1.807) is 0 Å². The molecule has 0 fully saturated rings. The van der Waals surface area contributed by atoms with E-state index in [1.807, 2.05) is 0 Å². The van der Waals surface area contributed by atoms with Gasteiger partial charge in [-0.05, 0) is 24.8 Å². The van der Waals surface area contributed by atoms with Crippen LogP contribution < -0.4 is 5.73 Å². The van der Waals surface area contributed by atoms with Crippen LogP contribution in [-0.2, 0) is 0 Å². The van der Waals surface area contributed by atoms with Crippen LogP contribution in [0.1, 0.15) is 53.9 Å². The smallest absolute Gasteiger partial charge is 0.0195 e. The first-order valence-electron chi connectivity index (χ1n) is 5.09. The largest absolute Gasteiger partial charge is 0.333 e. The molecule has 0 aromatic rings. The molecule has 1 nitrogen and oxygen atoms in total. The van der Waals surface area contributed by atoms with Gasteiger partial charge in [-0.2, -0.15) is 0 Å². The van der Waals surface area contributed by atoms with Gasteiger partial charge in [-0.15, -0.1) is 0 Å². The molecule has 0 amide bonds. The third-order valence-electron chi connectivity index (χ3n) is 2.56. The Balaban J connectivity index is 0. The predicted octanol–water partition coefficient (Wildman–Crippen LogP) is 3.43. The number of nitrogens with two attached hydrogens (primary N) is 1. The Bertz CT molecular complexity index is 87.0. The van der Waals surface area contributed by atoms with Gasteiger partial charge in [0.2, 0.25) is 0 Å².